The summed E-state index contributed by atoms with van der Waals surface area (Å²) < 4.78 is 0. The molecule has 1 atom stereocenters. The molecule has 1 unspecified atom stereocenters. The zero-order chi connectivity index (χ0) is 9.84. The van der Waals surface area contributed by atoms with Gasteiger partial charge in [-0.1, -0.05) is 31.5 Å². The van der Waals surface area contributed by atoms with E-state index in [1.807, 2.05) is 0 Å². The van der Waals surface area contributed by atoms with Gasteiger partial charge in [0.2, 0.25) is 0 Å². The molecule has 0 aliphatic rings. The van der Waals surface area contributed by atoms with E-state index in [0.717, 1.165) is 5.54 Å². The van der Waals surface area contributed by atoms with Gasteiger partial charge in [-0.2, -0.15) is 0 Å². The molecule has 0 saturated carbocycles. The van der Waals surface area contributed by atoms with Crippen molar-refractivity contribution < 1.29 is 0 Å². The van der Waals surface area contributed by atoms with Gasteiger partial charge in [-0.15, -0.1) is 0 Å². The Kier molecular flexibility index (Phi) is 3.55. The van der Waals surface area contributed by atoms with Gasteiger partial charge in [0.25, 0.3) is 0 Å². The van der Waals surface area contributed by atoms with Gasteiger partial charge in [-0.3, -0.25) is 0 Å². The molecular formula is C11H19NSi. The van der Waals surface area contributed by atoms with Crippen molar-refractivity contribution in [1.82, 2.24) is 0 Å². The average Bonchev–Trinajstić information content (AvgIpc) is 2.16. The van der Waals surface area contributed by atoms with Crippen LogP contribution in [0.25, 0.3) is 0 Å². The molecule has 0 fully saturated rings. The number of hydrogen-bond acceptors (Lipinski definition) is 1. The molecule has 0 amide bonds. The van der Waals surface area contributed by atoms with Gasteiger partial charge < -0.3 is 4.90 Å². The van der Waals surface area contributed by atoms with Gasteiger partial charge in [0.05, 0.1) is 0 Å². The third kappa shape index (κ3) is 2.34. The fourth-order valence-electron chi connectivity index (χ4n) is 1.53. The normalized spacial score (nSPS) is 12.8. The summed E-state index contributed by atoms with van der Waals surface area (Å²) in [5.74, 6) is 0. The lowest BCUT2D eigenvalue weighted by atomic mass is 10.1. The van der Waals surface area contributed by atoms with E-state index in [0.29, 0.717) is 0 Å². The van der Waals surface area contributed by atoms with Crippen LogP contribution in [0.2, 0.25) is 0 Å². The van der Waals surface area contributed by atoms with E-state index in [-0.39, 0.29) is 0 Å². The Morgan fingerprint density at radius 3 is 2.46 bits per heavy atom. The molecule has 1 aromatic carbocycles. The highest BCUT2D eigenvalue weighted by Crippen LogP contribution is 2.25. The highest BCUT2D eigenvalue weighted by molar-refractivity contribution is 6.12. The molecule has 72 valence electrons. The van der Waals surface area contributed by atoms with Crippen LogP contribution in [-0.2, 0) is 0 Å². The minimum absolute atomic E-state index is 0.790. The summed E-state index contributed by atoms with van der Waals surface area (Å²) in [5, 5.41) is 0. The second kappa shape index (κ2) is 4.47. The fraction of sp³-hybridized carbons (Fsp3) is 0.455. The van der Waals surface area contributed by atoms with Crippen molar-refractivity contribution >= 4 is 15.9 Å². The molecule has 0 aliphatic carbocycles. The number of hydrogen-bond donors (Lipinski definition) is 0. The van der Waals surface area contributed by atoms with E-state index < -0.39 is 0 Å². The van der Waals surface area contributed by atoms with E-state index in [9.17, 15) is 0 Å². The number of benzene rings is 1. The third-order valence-electron chi connectivity index (χ3n) is 2.56. The summed E-state index contributed by atoms with van der Waals surface area (Å²) >= 11 is 0. The Hall–Kier alpha value is -0.763. The lowest BCUT2D eigenvalue weighted by molar-refractivity contribution is 0.875. The molecule has 13 heavy (non-hydrogen) atoms. The van der Waals surface area contributed by atoms with E-state index >= 15 is 0 Å². The first-order chi connectivity index (χ1) is 6.16. The van der Waals surface area contributed by atoms with Gasteiger partial charge in [-0.25, -0.2) is 0 Å². The largest absolute Gasteiger partial charge is 0.377 e. The highest BCUT2D eigenvalue weighted by atomic mass is 28.1. The molecule has 0 spiro atoms. The van der Waals surface area contributed by atoms with Crippen LogP contribution in [0.15, 0.2) is 24.3 Å². The predicted octanol–water partition coefficient (Wildman–Crippen LogP) is 1.57. The smallest absolute Gasteiger partial charge is 0.0393 e. The topological polar surface area (TPSA) is 3.24 Å². The summed E-state index contributed by atoms with van der Waals surface area (Å²) in [6.07, 6.45) is 1.26. The van der Waals surface area contributed by atoms with Crippen LogP contribution < -0.4 is 4.90 Å². The number of nitrogens with zero attached hydrogens (tertiary/aromatic N) is 1. The summed E-state index contributed by atoms with van der Waals surface area (Å²) in [5.41, 5.74) is 3.68. The average molecular weight is 193 g/mol. The molecule has 2 heteroatoms. The van der Waals surface area contributed by atoms with Crippen LogP contribution in [0.5, 0.6) is 0 Å². The molecule has 0 aromatic heterocycles. The minimum atomic E-state index is 0.790. The molecule has 1 rings (SSSR count). The maximum absolute atomic E-state index is 2.27. The number of para-hydroxylation sites is 1. The zero-order valence-electron chi connectivity index (χ0n) is 9.04. The van der Waals surface area contributed by atoms with Gasteiger partial charge in [-0.05, 0) is 17.2 Å². The fourth-order valence-corrected chi connectivity index (χ4v) is 2.02. The van der Waals surface area contributed by atoms with Gasteiger partial charge in [0.1, 0.15) is 0 Å². The Bertz CT molecular complexity index is 271. The predicted molar refractivity (Wildman–Crippen MR) is 63.7 cm³/mol. The molecule has 1 aromatic rings. The van der Waals surface area contributed by atoms with Crippen molar-refractivity contribution in [2.75, 3.05) is 19.0 Å². The number of rotatable bonds is 3. The van der Waals surface area contributed by atoms with Crippen molar-refractivity contribution in [3.63, 3.8) is 0 Å². The minimum Gasteiger partial charge on any atom is -0.377 e. The molecule has 0 aliphatic heterocycles. The summed E-state index contributed by atoms with van der Waals surface area (Å²) in [6.45, 7) is 2.27. The first kappa shape index (κ1) is 10.3. The summed E-state index contributed by atoms with van der Waals surface area (Å²) in [4.78, 5) is 2.20. The van der Waals surface area contributed by atoms with E-state index in [2.05, 4.69) is 50.2 Å². The van der Waals surface area contributed by atoms with Crippen LogP contribution in [0, 0.1) is 0 Å². The third-order valence-corrected chi connectivity index (χ3v) is 4.00. The number of anilines is 1. The maximum Gasteiger partial charge on any atom is 0.0393 e. The molecule has 1 nitrogen and oxygen atoms in total. The van der Waals surface area contributed by atoms with Gasteiger partial charge in [0, 0.05) is 30.0 Å². The zero-order valence-corrected chi connectivity index (χ0v) is 11.0. The summed E-state index contributed by atoms with van der Waals surface area (Å²) in [6, 6.07) is 8.72. The van der Waals surface area contributed by atoms with Gasteiger partial charge in [0.15, 0.2) is 0 Å². The Balaban J connectivity index is 3.04. The second-order valence-electron chi connectivity index (χ2n) is 3.76. The van der Waals surface area contributed by atoms with Crippen molar-refractivity contribution in [2.45, 2.75) is 18.9 Å². The van der Waals surface area contributed by atoms with Crippen molar-refractivity contribution in [3.05, 3.63) is 29.8 Å². The van der Waals surface area contributed by atoms with Crippen molar-refractivity contribution in [1.29, 1.82) is 0 Å². The van der Waals surface area contributed by atoms with Crippen LogP contribution in [0.3, 0.4) is 0 Å². The molecule has 0 heterocycles. The van der Waals surface area contributed by atoms with Crippen LogP contribution >= 0.6 is 0 Å². The first-order valence-electron chi connectivity index (χ1n) is 4.93. The Morgan fingerprint density at radius 2 is 1.92 bits per heavy atom. The SMILES string of the molecule is CCC([SiH3])c1ccccc1N(C)C. The van der Waals surface area contributed by atoms with E-state index in [1.165, 1.54) is 27.9 Å². The lowest BCUT2D eigenvalue weighted by Gasteiger charge is -2.20. The van der Waals surface area contributed by atoms with Crippen molar-refractivity contribution in [3.8, 4) is 0 Å². The van der Waals surface area contributed by atoms with Crippen LogP contribution in [0.1, 0.15) is 24.4 Å². The summed E-state index contributed by atoms with van der Waals surface area (Å²) in [7, 11) is 5.47. The molecule has 0 N–H and O–H groups in total. The van der Waals surface area contributed by atoms with Crippen molar-refractivity contribution in [2.24, 2.45) is 0 Å². The van der Waals surface area contributed by atoms with E-state index in [4.69, 9.17) is 0 Å². The standard InChI is InChI=1S/C11H19NSi/c1-4-11(13)9-7-5-6-8-10(9)12(2)3/h5-8,11H,4H2,1-3,13H3. The van der Waals surface area contributed by atoms with E-state index in [1.54, 1.807) is 0 Å². The lowest BCUT2D eigenvalue weighted by Crippen LogP contribution is -2.12. The first-order valence-corrected chi connectivity index (χ1v) is 6.08. The maximum atomic E-state index is 2.27. The molecule has 0 saturated heterocycles. The molecule has 0 bridgehead atoms. The van der Waals surface area contributed by atoms with Crippen LogP contribution in [0.4, 0.5) is 5.69 Å². The van der Waals surface area contributed by atoms with Gasteiger partial charge >= 0.3 is 0 Å². The van der Waals surface area contributed by atoms with Crippen LogP contribution in [-0.4, -0.2) is 24.3 Å². The molecule has 0 radical (unpaired) electrons. The monoisotopic (exact) mass is 193 g/mol. The molecular weight excluding hydrogens is 174 g/mol. The Labute approximate surface area is 84.2 Å². The second-order valence-corrected chi connectivity index (χ2v) is 5.16. The quantitative estimate of drug-likeness (QED) is 0.659. The highest BCUT2D eigenvalue weighted by Gasteiger charge is 2.08. The Morgan fingerprint density at radius 1 is 1.31 bits per heavy atom.